The molecule has 104 valence electrons. The molecule has 1 aliphatic heterocycles. The van der Waals surface area contributed by atoms with E-state index in [1.165, 1.54) is 12.8 Å². The summed E-state index contributed by atoms with van der Waals surface area (Å²) in [5.74, 6) is 0.0138. The lowest BCUT2D eigenvalue weighted by Crippen LogP contribution is -2.39. The highest BCUT2D eigenvalue weighted by Crippen LogP contribution is 2.23. The second kappa shape index (κ2) is 6.58. The number of carbonyl (C=O) groups excluding carboxylic acids is 1. The Bertz CT molecular complexity index is 445. The second-order valence-corrected chi connectivity index (χ2v) is 5.69. The number of pyridine rings is 1. The van der Waals surface area contributed by atoms with Gasteiger partial charge in [-0.15, -0.1) is 0 Å². The minimum atomic E-state index is 0.0138. The van der Waals surface area contributed by atoms with Gasteiger partial charge in [-0.1, -0.05) is 43.0 Å². The maximum Gasteiger partial charge on any atom is 0.254 e. The summed E-state index contributed by atoms with van der Waals surface area (Å²) in [6.45, 7) is 2.94. The van der Waals surface area contributed by atoms with E-state index in [1.54, 1.807) is 12.1 Å². The minimum absolute atomic E-state index is 0.0138. The van der Waals surface area contributed by atoms with Crippen LogP contribution in [0.15, 0.2) is 12.1 Å². The zero-order chi connectivity index (χ0) is 13.8. The Morgan fingerprint density at radius 1 is 1.32 bits per heavy atom. The third kappa shape index (κ3) is 3.61. The van der Waals surface area contributed by atoms with Crippen LogP contribution in [-0.4, -0.2) is 28.4 Å². The molecule has 0 saturated carbocycles. The van der Waals surface area contributed by atoms with Gasteiger partial charge in [0, 0.05) is 18.2 Å². The van der Waals surface area contributed by atoms with Crippen molar-refractivity contribution in [1.82, 2.24) is 9.88 Å². The van der Waals surface area contributed by atoms with E-state index in [-0.39, 0.29) is 16.2 Å². The molecule has 1 aromatic rings. The molecule has 1 fully saturated rings. The maximum atomic E-state index is 12.6. The lowest BCUT2D eigenvalue weighted by molar-refractivity contribution is 0.0678. The molecule has 1 saturated heterocycles. The molecule has 1 amide bonds. The van der Waals surface area contributed by atoms with Gasteiger partial charge >= 0.3 is 0 Å². The van der Waals surface area contributed by atoms with E-state index in [1.807, 2.05) is 4.90 Å². The van der Waals surface area contributed by atoms with Crippen LogP contribution in [0.2, 0.25) is 10.3 Å². The highest BCUT2D eigenvalue weighted by Gasteiger charge is 2.25. The molecule has 0 bridgehead atoms. The highest BCUT2D eigenvalue weighted by molar-refractivity contribution is 6.33. The van der Waals surface area contributed by atoms with Crippen molar-refractivity contribution in [3.8, 4) is 0 Å². The molecule has 1 aliphatic rings. The molecule has 2 heterocycles. The molecule has 0 aliphatic carbocycles. The molecule has 5 heteroatoms. The quantitative estimate of drug-likeness (QED) is 0.768. The third-order valence-corrected chi connectivity index (χ3v) is 4.01. The first-order valence-corrected chi connectivity index (χ1v) is 7.51. The van der Waals surface area contributed by atoms with Gasteiger partial charge in [0.25, 0.3) is 5.91 Å². The van der Waals surface area contributed by atoms with E-state index in [2.05, 4.69) is 11.9 Å². The van der Waals surface area contributed by atoms with Crippen molar-refractivity contribution in [2.24, 2.45) is 0 Å². The van der Waals surface area contributed by atoms with Crippen molar-refractivity contribution in [1.29, 1.82) is 0 Å². The molecule has 1 unspecified atom stereocenters. The molecule has 19 heavy (non-hydrogen) atoms. The number of nitrogens with zero attached hydrogens (tertiary/aromatic N) is 2. The van der Waals surface area contributed by atoms with Crippen LogP contribution in [0.5, 0.6) is 0 Å². The maximum absolute atomic E-state index is 12.6. The van der Waals surface area contributed by atoms with E-state index in [0.717, 1.165) is 25.8 Å². The molecule has 1 aromatic heterocycles. The Balaban J connectivity index is 2.25. The smallest absolute Gasteiger partial charge is 0.254 e. The molecule has 1 atom stereocenters. The Kier molecular flexibility index (Phi) is 5.06. The third-order valence-electron chi connectivity index (χ3n) is 3.62. The SMILES string of the molecule is CCC1CCCCCN1C(=O)c1cc(Cl)nc(Cl)c1. The van der Waals surface area contributed by atoms with Crippen LogP contribution in [0, 0.1) is 0 Å². The van der Waals surface area contributed by atoms with Gasteiger partial charge in [-0.3, -0.25) is 4.79 Å². The summed E-state index contributed by atoms with van der Waals surface area (Å²) in [5.41, 5.74) is 0.533. The van der Waals surface area contributed by atoms with Crippen LogP contribution in [0.4, 0.5) is 0 Å². The summed E-state index contributed by atoms with van der Waals surface area (Å²) in [5, 5.41) is 0.525. The first kappa shape index (κ1) is 14.6. The Labute approximate surface area is 123 Å². The van der Waals surface area contributed by atoms with Crippen LogP contribution < -0.4 is 0 Å². The van der Waals surface area contributed by atoms with Crippen molar-refractivity contribution in [3.05, 3.63) is 28.0 Å². The number of amides is 1. The van der Waals surface area contributed by atoms with Gasteiger partial charge in [-0.25, -0.2) is 4.98 Å². The van der Waals surface area contributed by atoms with Gasteiger partial charge in [0.15, 0.2) is 0 Å². The van der Waals surface area contributed by atoms with Crippen LogP contribution in [0.3, 0.4) is 0 Å². The normalized spacial score (nSPS) is 20.2. The fourth-order valence-corrected chi connectivity index (χ4v) is 3.08. The number of hydrogen-bond acceptors (Lipinski definition) is 2. The molecule has 0 radical (unpaired) electrons. The topological polar surface area (TPSA) is 33.2 Å². The number of likely N-dealkylation sites (tertiary alicyclic amines) is 1. The lowest BCUT2D eigenvalue weighted by Gasteiger charge is -2.29. The van der Waals surface area contributed by atoms with Gasteiger partial charge in [0.05, 0.1) is 0 Å². The Morgan fingerprint density at radius 3 is 2.63 bits per heavy atom. The predicted octanol–water partition coefficient (Wildman–Crippen LogP) is 4.18. The van der Waals surface area contributed by atoms with Gasteiger partial charge < -0.3 is 4.90 Å². The van der Waals surface area contributed by atoms with Crippen LogP contribution in [-0.2, 0) is 0 Å². The zero-order valence-electron chi connectivity index (χ0n) is 11.0. The number of aromatic nitrogens is 1. The molecular weight excluding hydrogens is 283 g/mol. The van der Waals surface area contributed by atoms with E-state index in [0.29, 0.717) is 11.6 Å². The van der Waals surface area contributed by atoms with Gasteiger partial charge in [-0.2, -0.15) is 0 Å². The first-order chi connectivity index (χ1) is 9.11. The zero-order valence-corrected chi connectivity index (χ0v) is 12.5. The highest BCUT2D eigenvalue weighted by atomic mass is 35.5. The Morgan fingerprint density at radius 2 is 2.00 bits per heavy atom. The average molecular weight is 301 g/mol. The van der Waals surface area contributed by atoms with Gasteiger partial charge in [0.1, 0.15) is 10.3 Å². The molecule has 3 nitrogen and oxygen atoms in total. The fraction of sp³-hybridized carbons (Fsp3) is 0.571. The largest absolute Gasteiger partial charge is 0.336 e. The fourth-order valence-electron chi connectivity index (χ4n) is 2.62. The monoisotopic (exact) mass is 300 g/mol. The molecule has 2 rings (SSSR count). The number of halogens is 2. The van der Waals surface area contributed by atoms with Crippen molar-refractivity contribution < 1.29 is 4.79 Å². The number of carbonyl (C=O) groups is 1. The molecule has 0 aromatic carbocycles. The molecular formula is C14H18Cl2N2O. The average Bonchev–Trinajstić information content (AvgIpc) is 2.61. The van der Waals surface area contributed by atoms with E-state index in [9.17, 15) is 4.79 Å². The Hall–Kier alpha value is -0.800. The van der Waals surface area contributed by atoms with E-state index < -0.39 is 0 Å². The van der Waals surface area contributed by atoms with Crippen LogP contribution in [0.25, 0.3) is 0 Å². The molecule has 0 N–H and O–H groups in total. The number of rotatable bonds is 2. The van der Waals surface area contributed by atoms with Crippen molar-refractivity contribution >= 4 is 29.1 Å². The first-order valence-electron chi connectivity index (χ1n) is 6.76. The van der Waals surface area contributed by atoms with Gasteiger partial charge in [-0.05, 0) is 31.4 Å². The van der Waals surface area contributed by atoms with Crippen molar-refractivity contribution in [2.45, 2.75) is 45.1 Å². The standard InChI is InChI=1S/C14H18Cl2N2O/c1-2-11-6-4-3-5-7-18(11)14(19)10-8-12(15)17-13(16)9-10/h8-9,11H,2-7H2,1H3. The lowest BCUT2D eigenvalue weighted by atomic mass is 10.1. The summed E-state index contributed by atoms with van der Waals surface area (Å²) < 4.78 is 0. The molecule has 0 spiro atoms. The summed E-state index contributed by atoms with van der Waals surface area (Å²) >= 11 is 11.7. The summed E-state index contributed by atoms with van der Waals surface area (Å²) in [7, 11) is 0. The van der Waals surface area contributed by atoms with Crippen LogP contribution in [0.1, 0.15) is 49.4 Å². The number of hydrogen-bond donors (Lipinski definition) is 0. The summed E-state index contributed by atoms with van der Waals surface area (Å²) in [4.78, 5) is 18.5. The van der Waals surface area contributed by atoms with E-state index in [4.69, 9.17) is 23.2 Å². The van der Waals surface area contributed by atoms with Crippen LogP contribution >= 0.6 is 23.2 Å². The summed E-state index contributed by atoms with van der Waals surface area (Å²) in [6, 6.07) is 3.50. The predicted molar refractivity (Wildman–Crippen MR) is 77.8 cm³/mol. The van der Waals surface area contributed by atoms with E-state index >= 15 is 0 Å². The second-order valence-electron chi connectivity index (χ2n) is 4.91. The van der Waals surface area contributed by atoms with Crippen molar-refractivity contribution in [2.75, 3.05) is 6.54 Å². The van der Waals surface area contributed by atoms with Crippen molar-refractivity contribution in [3.63, 3.8) is 0 Å². The summed E-state index contributed by atoms with van der Waals surface area (Å²) in [6.07, 6.45) is 5.51. The van der Waals surface area contributed by atoms with Gasteiger partial charge in [0.2, 0.25) is 0 Å². The minimum Gasteiger partial charge on any atom is -0.336 e.